The third kappa shape index (κ3) is 3.78. The van der Waals surface area contributed by atoms with E-state index in [1.807, 2.05) is 20.2 Å². The summed E-state index contributed by atoms with van der Waals surface area (Å²) in [5.74, 6) is 0.778. The number of hydroxylamine groups is 1. The van der Waals surface area contributed by atoms with Crippen molar-refractivity contribution < 1.29 is 14.7 Å². The number of thioether (sulfide) groups is 2. The molecule has 0 bridgehead atoms. The highest BCUT2D eigenvalue weighted by molar-refractivity contribution is 8.20. The molecule has 0 aromatic rings. The lowest BCUT2D eigenvalue weighted by atomic mass is 10.3. The maximum atomic E-state index is 12.2. The molecule has 1 heterocycles. The predicted molar refractivity (Wildman–Crippen MR) is 77.5 cm³/mol. The van der Waals surface area contributed by atoms with Gasteiger partial charge in [-0.1, -0.05) is 0 Å². The number of hydrogen-bond donors (Lipinski definition) is 1. The van der Waals surface area contributed by atoms with E-state index in [1.54, 1.807) is 19.0 Å². The summed E-state index contributed by atoms with van der Waals surface area (Å²) >= 11 is 2.56. The van der Waals surface area contributed by atoms with Crippen LogP contribution in [0.5, 0.6) is 0 Å². The Balaban J connectivity index is 2.85. The molecule has 0 aromatic heterocycles. The fraction of sp³-hybridized carbons (Fsp3) is 0.727. The molecule has 19 heavy (non-hydrogen) atoms. The monoisotopic (exact) mass is 303 g/mol. The van der Waals surface area contributed by atoms with E-state index in [4.69, 9.17) is 0 Å². The average Bonchev–Trinajstić information content (AvgIpc) is 2.37. The Bertz CT molecular complexity index is 409. The SMILES string of the molecule is CN(C)C=[N+](O)C(=O)C1(C#N)SCC(N(C)C)CS1. The fourth-order valence-electron chi connectivity index (χ4n) is 1.47. The van der Waals surface area contributed by atoms with Gasteiger partial charge in [0.15, 0.2) is 0 Å². The largest absolute Gasteiger partial charge is 0.389 e. The van der Waals surface area contributed by atoms with Crippen LogP contribution in [0.2, 0.25) is 0 Å². The predicted octanol–water partition coefficient (Wildman–Crippen LogP) is 0.135. The van der Waals surface area contributed by atoms with Crippen molar-refractivity contribution in [1.82, 2.24) is 9.80 Å². The van der Waals surface area contributed by atoms with Crippen LogP contribution in [0.15, 0.2) is 0 Å². The smallest absolute Gasteiger partial charge is 0.347 e. The third-order valence-corrected chi connectivity index (χ3v) is 5.82. The molecule has 6 nitrogen and oxygen atoms in total. The number of carbonyl (C=O) groups excluding carboxylic acids is 1. The number of hydrogen-bond acceptors (Lipinski definition) is 6. The van der Waals surface area contributed by atoms with E-state index in [9.17, 15) is 15.3 Å². The fourth-order valence-corrected chi connectivity index (χ4v) is 4.61. The van der Waals surface area contributed by atoms with Crippen LogP contribution >= 0.6 is 23.5 Å². The normalized spacial score (nSPS) is 28.0. The van der Waals surface area contributed by atoms with Crippen molar-refractivity contribution in [2.45, 2.75) is 10.1 Å². The Morgan fingerprint density at radius 2 is 1.95 bits per heavy atom. The molecule has 1 N–H and O–H groups in total. The Kier molecular flexibility index (Phi) is 5.52. The number of rotatable bonds is 3. The van der Waals surface area contributed by atoms with Crippen LogP contribution in [-0.2, 0) is 4.79 Å². The Labute approximate surface area is 122 Å². The zero-order chi connectivity index (χ0) is 14.6. The molecule has 1 rings (SSSR count). The summed E-state index contributed by atoms with van der Waals surface area (Å²) in [6, 6.07) is 2.38. The molecular weight excluding hydrogens is 284 g/mol. The van der Waals surface area contributed by atoms with Gasteiger partial charge in [0.2, 0.25) is 0 Å². The van der Waals surface area contributed by atoms with Gasteiger partial charge in [0.25, 0.3) is 10.4 Å². The highest BCUT2D eigenvalue weighted by atomic mass is 32.2. The quantitative estimate of drug-likeness (QED) is 0.198. The van der Waals surface area contributed by atoms with Crippen LogP contribution < -0.4 is 0 Å². The van der Waals surface area contributed by atoms with Crippen molar-refractivity contribution in [3.63, 3.8) is 0 Å². The van der Waals surface area contributed by atoms with Crippen LogP contribution in [0.4, 0.5) is 0 Å². The van der Waals surface area contributed by atoms with Crippen LogP contribution in [0.1, 0.15) is 0 Å². The first kappa shape index (κ1) is 16.1. The lowest BCUT2D eigenvalue weighted by Crippen LogP contribution is -2.46. The molecule has 0 aliphatic carbocycles. The van der Waals surface area contributed by atoms with Crippen LogP contribution in [0.25, 0.3) is 0 Å². The van der Waals surface area contributed by atoms with Crippen molar-refractivity contribution in [3.8, 4) is 6.07 Å². The van der Waals surface area contributed by atoms with E-state index in [1.165, 1.54) is 29.9 Å². The van der Waals surface area contributed by atoms with Crippen LogP contribution in [0, 0.1) is 11.3 Å². The molecular formula is C11H19N4O2S2+. The van der Waals surface area contributed by atoms with Gasteiger partial charge in [-0.3, -0.25) is 4.90 Å². The van der Waals surface area contributed by atoms with Gasteiger partial charge in [0.05, 0.1) is 14.1 Å². The molecule has 1 aliphatic rings. The van der Waals surface area contributed by atoms with Crippen LogP contribution in [-0.4, -0.2) is 81.8 Å². The lowest BCUT2D eigenvalue weighted by molar-refractivity contribution is -0.704. The van der Waals surface area contributed by atoms with Gasteiger partial charge in [-0.2, -0.15) is 5.26 Å². The van der Waals surface area contributed by atoms with E-state index in [0.717, 1.165) is 0 Å². The Morgan fingerprint density at radius 1 is 1.42 bits per heavy atom. The molecule has 1 aliphatic heterocycles. The second-order valence-electron chi connectivity index (χ2n) is 4.70. The summed E-state index contributed by atoms with van der Waals surface area (Å²) < 4.78 is -0.757. The number of amides is 1. The van der Waals surface area contributed by atoms with Crippen molar-refractivity contribution in [1.29, 1.82) is 5.26 Å². The van der Waals surface area contributed by atoms with Gasteiger partial charge in [0, 0.05) is 17.5 Å². The first-order valence-corrected chi connectivity index (χ1v) is 7.69. The zero-order valence-corrected chi connectivity index (χ0v) is 13.2. The topological polar surface area (TPSA) is 70.6 Å². The summed E-state index contributed by atoms with van der Waals surface area (Å²) in [6.07, 6.45) is 1.25. The number of nitriles is 1. The minimum Gasteiger partial charge on any atom is -0.347 e. The molecule has 0 atom stereocenters. The first-order chi connectivity index (χ1) is 8.82. The Morgan fingerprint density at radius 3 is 2.32 bits per heavy atom. The number of carbonyl (C=O) groups is 1. The maximum Gasteiger partial charge on any atom is 0.389 e. The summed E-state index contributed by atoms with van der Waals surface area (Å²) in [6.45, 7) is 0. The standard InChI is InChI=1S/C11H19N4O2S2/c1-13(2)8-15(17)10(16)11(7-12)18-5-9(6-19-11)14(3)4/h8-9,17H,5-6H2,1-4H3/q+1. The molecule has 106 valence electrons. The van der Waals surface area contributed by atoms with Crippen LogP contribution in [0.3, 0.4) is 0 Å². The summed E-state index contributed by atoms with van der Waals surface area (Å²) in [4.78, 5) is 15.8. The van der Waals surface area contributed by atoms with Crippen molar-refractivity contribution in [2.75, 3.05) is 39.7 Å². The van der Waals surface area contributed by atoms with Crippen molar-refractivity contribution in [2.24, 2.45) is 0 Å². The Hall–Kier alpha value is -0.910. The van der Waals surface area contributed by atoms with E-state index < -0.39 is 9.99 Å². The summed E-state index contributed by atoms with van der Waals surface area (Å²) in [5, 5.41) is 19.0. The maximum absolute atomic E-state index is 12.2. The molecule has 1 fully saturated rings. The zero-order valence-electron chi connectivity index (χ0n) is 11.5. The van der Waals surface area contributed by atoms with Gasteiger partial charge in [-0.05, 0) is 18.8 Å². The molecule has 8 heteroatoms. The van der Waals surface area contributed by atoms with Crippen molar-refractivity contribution >= 4 is 35.8 Å². The number of nitrogens with zero attached hydrogens (tertiary/aromatic N) is 4. The molecule has 0 radical (unpaired) electrons. The van der Waals surface area contributed by atoms with Crippen molar-refractivity contribution in [3.05, 3.63) is 0 Å². The third-order valence-electron chi connectivity index (χ3n) is 2.67. The van der Waals surface area contributed by atoms with E-state index in [0.29, 0.717) is 22.3 Å². The molecule has 0 aromatic carbocycles. The minimum absolute atomic E-state index is 0.328. The second kappa shape index (κ2) is 6.50. The van der Waals surface area contributed by atoms with Gasteiger partial charge in [0.1, 0.15) is 6.07 Å². The molecule has 0 spiro atoms. The lowest BCUT2D eigenvalue weighted by Gasteiger charge is -2.33. The summed E-state index contributed by atoms with van der Waals surface area (Å²) in [5.41, 5.74) is 0. The van der Waals surface area contributed by atoms with E-state index in [2.05, 4.69) is 4.90 Å². The van der Waals surface area contributed by atoms with Gasteiger partial charge < -0.3 is 10.1 Å². The van der Waals surface area contributed by atoms with Gasteiger partial charge in [-0.15, -0.1) is 23.5 Å². The second-order valence-corrected chi connectivity index (χ2v) is 7.42. The molecule has 0 saturated carbocycles. The van der Waals surface area contributed by atoms with E-state index >= 15 is 0 Å². The van der Waals surface area contributed by atoms with E-state index in [-0.39, 0.29) is 0 Å². The van der Waals surface area contributed by atoms with Gasteiger partial charge in [-0.25, -0.2) is 4.79 Å². The molecule has 1 amide bonds. The molecule has 0 unspecified atom stereocenters. The molecule has 1 saturated heterocycles. The van der Waals surface area contributed by atoms with Gasteiger partial charge >= 0.3 is 5.91 Å². The first-order valence-electron chi connectivity index (χ1n) is 5.72. The summed E-state index contributed by atoms with van der Waals surface area (Å²) in [7, 11) is 7.34. The highest BCUT2D eigenvalue weighted by Gasteiger charge is 2.49. The highest BCUT2D eigenvalue weighted by Crippen LogP contribution is 2.43. The minimum atomic E-state index is -1.26. The average molecular weight is 303 g/mol.